The molecule has 0 unspecified atom stereocenters. The predicted molar refractivity (Wildman–Crippen MR) is 78.4 cm³/mol. The van der Waals surface area contributed by atoms with Crippen LogP contribution in [0.15, 0.2) is 57.2 Å². The minimum atomic E-state index is -0.0889. The molecule has 1 fully saturated rings. The maximum Gasteiger partial charge on any atom is 0.266 e. The molecule has 3 rings (SSSR count). The second-order valence-corrected chi connectivity index (χ2v) is 5.10. The van der Waals surface area contributed by atoms with E-state index >= 15 is 0 Å². The predicted octanol–water partition coefficient (Wildman–Crippen LogP) is 2.91. The first-order valence-corrected chi connectivity index (χ1v) is 6.75. The van der Waals surface area contributed by atoms with Crippen molar-refractivity contribution in [2.45, 2.75) is 0 Å². The first-order valence-electron chi connectivity index (χ1n) is 5.94. The fourth-order valence-corrected chi connectivity index (χ4v) is 2.65. The SMILES string of the molecule is CN1C(=O)/C(=C\c2ccco2)SC1=Nc1cccnc1. The summed E-state index contributed by atoms with van der Waals surface area (Å²) in [7, 11) is 1.70. The molecule has 6 heteroatoms. The van der Waals surface area contributed by atoms with E-state index in [9.17, 15) is 4.79 Å². The number of nitrogens with zero attached hydrogens (tertiary/aromatic N) is 3. The molecule has 20 heavy (non-hydrogen) atoms. The molecule has 1 aliphatic rings. The Hall–Kier alpha value is -2.34. The van der Waals surface area contributed by atoms with Gasteiger partial charge >= 0.3 is 0 Å². The van der Waals surface area contributed by atoms with Crippen LogP contribution in [-0.4, -0.2) is 28.0 Å². The molecular formula is C14H11N3O2S. The molecule has 0 aromatic carbocycles. The van der Waals surface area contributed by atoms with Crippen molar-refractivity contribution in [3.8, 4) is 0 Å². The molecule has 1 amide bonds. The molecule has 0 saturated carbocycles. The standard InChI is InChI=1S/C14H11N3O2S/c1-17-13(18)12(8-11-5-3-7-19-11)20-14(17)16-10-4-2-6-15-9-10/h2-9H,1H3/b12-8+,16-14?. The van der Waals surface area contributed by atoms with Crippen LogP contribution in [0.4, 0.5) is 5.69 Å². The van der Waals surface area contributed by atoms with Gasteiger partial charge in [-0.2, -0.15) is 0 Å². The Kier molecular flexibility index (Phi) is 3.39. The van der Waals surface area contributed by atoms with Crippen molar-refractivity contribution in [2.24, 2.45) is 4.99 Å². The van der Waals surface area contributed by atoms with Gasteiger partial charge in [-0.15, -0.1) is 0 Å². The summed E-state index contributed by atoms with van der Waals surface area (Å²) < 4.78 is 5.22. The highest BCUT2D eigenvalue weighted by atomic mass is 32.2. The van der Waals surface area contributed by atoms with Crippen LogP contribution in [0, 0.1) is 0 Å². The third-order valence-electron chi connectivity index (χ3n) is 2.69. The third kappa shape index (κ3) is 2.50. The topological polar surface area (TPSA) is 58.7 Å². The van der Waals surface area contributed by atoms with Gasteiger partial charge in [-0.3, -0.25) is 14.7 Å². The highest BCUT2D eigenvalue weighted by molar-refractivity contribution is 8.18. The van der Waals surface area contributed by atoms with E-state index in [1.165, 1.54) is 16.7 Å². The maximum atomic E-state index is 12.1. The van der Waals surface area contributed by atoms with Gasteiger partial charge in [0, 0.05) is 19.3 Å². The first-order chi connectivity index (χ1) is 9.74. The molecule has 5 nitrogen and oxygen atoms in total. The van der Waals surface area contributed by atoms with Gasteiger partial charge < -0.3 is 4.42 Å². The van der Waals surface area contributed by atoms with Crippen LogP contribution in [0.1, 0.15) is 5.76 Å². The van der Waals surface area contributed by atoms with E-state index in [2.05, 4.69) is 9.98 Å². The molecule has 2 aromatic rings. The molecule has 0 spiro atoms. The van der Waals surface area contributed by atoms with Crippen LogP contribution >= 0.6 is 11.8 Å². The largest absolute Gasteiger partial charge is 0.465 e. The fourth-order valence-electron chi connectivity index (χ4n) is 1.68. The number of thioether (sulfide) groups is 1. The number of pyridine rings is 1. The van der Waals surface area contributed by atoms with E-state index < -0.39 is 0 Å². The van der Waals surface area contributed by atoms with Crippen LogP contribution in [-0.2, 0) is 4.79 Å². The summed E-state index contributed by atoms with van der Waals surface area (Å²) in [4.78, 5) is 22.7. The Morgan fingerprint density at radius 3 is 3.00 bits per heavy atom. The van der Waals surface area contributed by atoms with Gasteiger partial charge in [0.15, 0.2) is 5.17 Å². The van der Waals surface area contributed by atoms with Crippen LogP contribution in [0.2, 0.25) is 0 Å². The summed E-state index contributed by atoms with van der Waals surface area (Å²) in [6.45, 7) is 0. The molecule has 100 valence electrons. The molecule has 0 bridgehead atoms. The van der Waals surface area contributed by atoms with E-state index in [1.807, 2.05) is 6.07 Å². The number of carbonyl (C=O) groups excluding carboxylic acids is 1. The van der Waals surface area contributed by atoms with Crippen LogP contribution in [0.25, 0.3) is 6.08 Å². The number of aromatic nitrogens is 1. The van der Waals surface area contributed by atoms with Crippen molar-refractivity contribution in [3.05, 3.63) is 53.6 Å². The molecule has 3 heterocycles. The molecular weight excluding hydrogens is 274 g/mol. The second-order valence-electron chi connectivity index (χ2n) is 4.10. The molecule has 1 aliphatic heterocycles. The Balaban J connectivity index is 1.89. The van der Waals surface area contributed by atoms with E-state index in [1.54, 1.807) is 50.0 Å². The average molecular weight is 285 g/mol. The Labute approximate surface area is 120 Å². The lowest BCUT2D eigenvalue weighted by Crippen LogP contribution is -2.23. The minimum Gasteiger partial charge on any atom is -0.465 e. The zero-order chi connectivity index (χ0) is 13.9. The van der Waals surface area contributed by atoms with E-state index in [0.717, 1.165) is 0 Å². The third-order valence-corrected chi connectivity index (χ3v) is 3.75. The van der Waals surface area contributed by atoms with Gasteiger partial charge in [0.05, 0.1) is 23.1 Å². The molecule has 0 aliphatic carbocycles. The molecule has 0 atom stereocenters. The number of amidine groups is 1. The second kappa shape index (κ2) is 5.34. The number of hydrogen-bond donors (Lipinski definition) is 0. The lowest BCUT2D eigenvalue weighted by atomic mass is 10.4. The van der Waals surface area contributed by atoms with Gasteiger partial charge in [0.2, 0.25) is 0 Å². The van der Waals surface area contributed by atoms with Crippen LogP contribution in [0.3, 0.4) is 0 Å². The summed E-state index contributed by atoms with van der Waals surface area (Å²) in [5.74, 6) is 0.561. The number of furan rings is 1. The minimum absolute atomic E-state index is 0.0889. The van der Waals surface area contributed by atoms with Crippen molar-refractivity contribution in [3.63, 3.8) is 0 Å². The molecule has 2 aromatic heterocycles. The molecule has 0 N–H and O–H groups in total. The van der Waals surface area contributed by atoms with Crippen molar-refractivity contribution in [2.75, 3.05) is 7.05 Å². The van der Waals surface area contributed by atoms with Gasteiger partial charge in [-0.05, 0) is 36.0 Å². The highest BCUT2D eigenvalue weighted by Gasteiger charge is 2.30. The van der Waals surface area contributed by atoms with Crippen molar-refractivity contribution in [1.29, 1.82) is 0 Å². The number of hydrogen-bond acceptors (Lipinski definition) is 5. The van der Waals surface area contributed by atoms with Crippen molar-refractivity contribution < 1.29 is 9.21 Å². The maximum absolute atomic E-state index is 12.1. The lowest BCUT2D eigenvalue weighted by Gasteiger charge is -2.06. The smallest absolute Gasteiger partial charge is 0.266 e. The van der Waals surface area contributed by atoms with Gasteiger partial charge in [-0.1, -0.05) is 0 Å². The first kappa shape index (κ1) is 12.7. The number of amides is 1. The average Bonchev–Trinajstić information content (AvgIpc) is 3.06. The Morgan fingerprint density at radius 1 is 1.40 bits per heavy atom. The van der Waals surface area contributed by atoms with E-state index in [0.29, 0.717) is 21.5 Å². The summed E-state index contributed by atoms with van der Waals surface area (Å²) in [5.41, 5.74) is 0.717. The van der Waals surface area contributed by atoms with Crippen LogP contribution < -0.4 is 0 Å². The zero-order valence-corrected chi connectivity index (χ0v) is 11.5. The van der Waals surface area contributed by atoms with Crippen molar-refractivity contribution >= 4 is 34.6 Å². The molecule has 1 saturated heterocycles. The van der Waals surface area contributed by atoms with Crippen LogP contribution in [0.5, 0.6) is 0 Å². The van der Waals surface area contributed by atoms with E-state index in [4.69, 9.17) is 4.42 Å². The number of carbonyl (C=O) groups is 1. The summed E-state index contributed by atoms with van der Waals surface area (Å²) in [6, 6.07) is 7.23. The number of likely N-dealkylation sites (N-methyl/N-ethyl adjacent to an activating group) is 1. The Bertz CT molecular complexity index is 678. The number of rotatable bonds is 2. The lowest BCUT2D eigenvalue weighted by molar-refractivity contribution is -0.121. The number of aliphatic imine (C=N–C) groups is 1. The monoisotopic (exact) mass is 285 g/mol. The quantitative estimate of drug-likeness (QED) is 0.796. The van der Waals surface area contributed by atoms with Gasteiger partial charge in [0.25, 0.3) is 5.91 Å². The van der Waals surface area contributed by atoms with Gasteiger partial charge in [0.1, 0.15) is 5.76 Å². The highest BCUT2D eigenvalue weighted by Crippen LogP contribution is 2.32. The Morgan fingerprint density at radius 2 is 2.30 bits per heavy atom. The fraction of sp³-hybridized carbons (Fsp3) is 0.0714. The summed E-state index contributed by atoms with van der Waals surface area (Å²) in [5, 5.41) is 0.626. The van der Waals surface area contributed by atoms with E-state index in [-0.39, 0.29) is 5.91 Å². The zero-order valence-electron chi connectivity index (χ0n) is 10.7. The molecule has 0 radical (unpaired) electrons. The summed E-state index contributed by atoms with van der Waals surface area (Å²) >= 11 is 1.32. The van der Waals surface area contributed by atoms with Crippen molar-refractivity contribution in [1.82, 2.24) is 9.88 Å². The normalized spacial score (nSPS) is 19.2. The van der Waals surface area contributed by atoms with Gasteiger partial charge in [-0.25, -0.2) is 4.99 Å². The summed E-state index contributed by atoms with van der Waals surface area (Å²) in [6.07, 6.45) is 6.63.